The van der Waals surface area contributed by atoms with Gasteiger partial charge in [-0.2, -0.15) is 10.4 Å². The van der Waals surface area contributed by atoms with E-state index in [1.807, 2.05) is 28.9 Å². The van der Waals surface area contributed by atoms with Crippen molar-refractivity contribution in [3.8, 4) is 17.3 Å². The van der Waals surface area contributed by atoms with Crippen LogP contribution in [0.15, 0.2) is 48.8 Å². The average molecular weight is 491 g/mol. The van der Waals surface area contributed by atoms with Crippen molar-refractivity contribution in [2.45, 2.75) is 38.5 Å². The molecular formula is C26H24Cl2N6. The maximum Gasteiger partial charge on any atom is 0.152 e. The van der Waals surface area contributed by atoms with Crippen LogP contribution in [-0.2, 0) is 12.8 Å². The molecule has 4 aromatic rings. The van der Waals surface area contributed by atoms with Gasteiger partial charge in [0.1, 0.15) is 11.6 Å². The lowest BCUT2D eigenvalue weighted by Gasteiger charge is -2.11. The predicted octanol–water partition coefficient (Wildman–Crippen LogP) is 6.36. The van der Waals surface area contributed by atoms with Crippen LogP contribution in [0, 0.1) is 17.2 Å². The van der Waals surface area contributed by atoms with Gasteiger partial charge in [-0.05, 0) is 68.0 Å². The summed E-state index contributed by atoms with van der Waals surface area (Å²) in [6.07, 6.45) is 10.1. The second-order valence-corrected chi connectivity index (χ2v) is 9.57. The molecule has 3 heterocycles. The van der Waals surface area contributed by atoms with Crippen LogP contribution in [0.2, 0.25) is 10.0 Å². The molecule has 0 spiro atoms. The number of hydrogen-bond acceptors (Lipinski definition) is 5. The number of hydrogen-bond donors (Lipinski definition) is 1. The van der Waals surface area contributed by atoms with E-state index in [9.17, 15) is 0 Å². The zero-order valence-corrected chi connectivity index (χ0v) is 20.1. The van der Waals surface area contributed by atoms with E-state index in [4.69, 9.17) is 38.5 Å². The van der Waals surface area contributed by atoms with Gasteiger partial charge in [-0.1, -0.05) is 36.0 Å². The highest BCUT2D eigenvalue weighted by molar-refractivity contribution is 6.36. The molecule has 0 radical (unpaired) electrons. The Morgan fingerprint density at radius 3 is 2.71 bits per heavy atom. The van der Waals surface area contributed by atoms with Crippen molar-refractivity contribution in [2.75, 3.05) is 11.9 Å². The number of nitriles is 1. The van der Waals surface area contributed by atoms with Crippen molar-refractivity contribution in [3.05, 3.63) is 75.8 Å². The normalized spacial score (nSPS) is 13.2. The molecule has 1 aromatic carbocycles. The minimum atomic E-state index is 0.554. The van der Waals surface area contributed by atoms with Gasteiger partial charge in [-0.15, -0.1) is 0 Å². The zero-order chi connectivity index (χ0) is 23.5. The molecule has 1 N–H and O–H groups in total. The monoisotopic (exact) mass is 490 g/mol. The maximum absolute atomic E-state index is 8.93. The maximum atomic E-state index is 8.93. The molecule has 34 heavy (non-hydrogen) atoms. The van der Waals surface area contributed by atoms with E-state index < -0.39 is 0 Å². The second kappa shape index (κ2) is 10.0. The number of pyridine rings is 1. The molecule has 0 amide bonds. The fraction of sp³-hybridized carbons (Fsp3) is 0.308. The summed E-state index contributed by atoms with van der Waals surface area (Å²) in [6.45, 7) is 0.727. The predicted molar refractivity (Wildman–Crippen MR) is 135 cm³/mol. The molecular weight excluding hydrogens is 467 g/mol. The van der Waals surface area contributed by atoms with Gasteiger partial charge in [0.2, 0.25) is 0 Å². The van der Waals surface area contributed by atoms with Gasteiger partial charge in [0, 0.05) is 29.0 Å². The number of fused-ring (bicyclic) bond motifs is 1. The van der Waals surface area contributed by atoms with E-state index in [-0.39, 0.29) is 0 Å². The third-order valence-electron chi connectivity index (χ3n) is 6.07. The van der Waals surface area contributed by atoms with Crippen molar-refractivity contribution in [2.24, 2.45) is 5.92 Å². The number of halogens is 2. The molecule has 0 bridgehead atoms. The topological polar surface area (TPSA) is 78.9 Å². The van der Waals surface area contributed by atoms with Crippen LogP contribution in [0.4, 0.5) is 5.82 Å². The lowest BCUT2D eigenvalue weighted by atomic mass is 10.1. The standard InChI is InChI=1S/C26H24Cl2N6/c27-19-7-10-22(23(28)12-19)24-16-34-25(13-21(33-34)9-5-17-3-4-17)26(32-24)30-11-1-2-20-8-6-18(14-29)15-31-20/h6-8,10,12-13,15-17H,1-5,9,11H2,(H,30,32). The van der Waals surface area contributed by atoms with Crippen LogP contribution in [0.3, 0.4) is 0 Å². The lowest BCUT2D eigenvalue weighted by Crippen LogP contribution is -2.08. The summed E-state index contributed by atoms with van der Waals surface area (Å²) in [5, 5.41) is 18.4. The molecule has 6 nitrogen and oxygen atoms in total. The van der Waals surface area contributed by atoms with Crippen LogP contribution < -0.4 is 5.32 Å². The van der Waals surface area contributed by atoms with Gasteiger partial charge in [0.15, 0.2) is 5.82 Å². The minimum Gasteiger partial charge on any atom is -0.368 e. The fourth-order valence-electron chi connectivity index (χ4n) is 4.00. The zero-order valence-electron chi connectivity index (χ0n) is 18.6. The minimum absolute atomic E-state index is 0.554. The fourth-order valence-corrected chi connectivity index (χ4v) is 4.50. The van der Waals surface area contributed by atoms with Crippen molar-refractivity contribution in [1.29, 1.82) is 5.26 Å². The first-order valence-electron chi connectivity index (χ1n) is 11.5. The van der Waals surface area contributed by atoms with Gasteiger partial charge < -0.3 is 5.32 Å². The SMILES string of the molecule is N#Cc1ccc(CCCNc2nc(-c3ccc(Cl)cc3Cl)cn3nc(CCC4CC4)cc23)nc1. The second-order valence-electron chi connectivity index (χ2n) is 8.73. The molecule has 0 unspecified atom stereocenters. The van der Waals surface area contributed by atoms with Crippen LogP contribution in [-0.4, -0.2) is 26.1 Å². The summed E-state index contributed by atoms with van der Waals surface area (Å²) in [4.78, 5) is 9.25. The van der Waals surface area contributed by atoms with Gasteiger partial charge in [0.25, 0.3) is 0 Å². The Morgan fingerprint density at radius 1 is 1.09 bits per heavy atom. The largest absolute Gasteiger partial charge is 0.368 e. The summed E-state index contributed by atoms with van der Waals surface area (Å²) in [7, 11) is 0. The highest BCUT2D eigenvalue weighted by Gasteiger charge is 2.21. The van der Waals surface area contributed by atoms with E-state index in [1.165, 1.54) is 19.3 Å². The molecule has 1 saturated carbocycles. The van der Waals surface area contributed by atoms with Crippen LogP contribution in [0.25, 0.3) is 16.8 Å². The molecule has 1 aliphatic carbocycles. The Morgan fingerprint density at radius 2 is 1.97 bits per heavy atom. The Bertz CT molecular complexity index is 1350. The first-order valence-corrected chi connectivity index (χ1v) is 12.3. The van der Waals surface area contributed by atoms with E-state index in [2.05, 4.69) is 22.4 Å². The quantitative estimate of drug-likeness (QED) is 0.276. The molecule has 0 saturated heterocycles. The Labute approximate surface area is 208 Å². The third-order valence-corrected chi connectivity index (χ3v) is 6.62. The summed E-state index contributed by atoms with van der Waals surface area (Å²) >= 11 is 12.6. The van der Waals surface area contributed by atoms with Gasteiger partial charge in [-0.3, -0.25) is 4.98 Å². The molecule has 1 aliphatic rings. The molecule has 0 atom stereocenters. The summed E-state index contributed by atoms with van der Waals surface area (Å²) in [5.41, 5.74) is 5.13. The Hall–Kier alpha value is -3.14. The summed E-state index contributed by atoms with van der Waals surface area (Å²) in [5.74, 6) is 1.64. The van der Waals surface area contributed by atoms with E-state index >= 15 is 0 Å². The summed E-state index contributed by atoms with van der Waals surface area (Å²) < 4.78 is 1.90. The molecule has 5 rings (SSSR count). The first-order chi connectivity index (χ1) is 16.6. The highest BCUT2D eigenvalue weighted by Crippen LogP contribution is 2.34. The molecule has 0 aliphatic heterocycles. The van der Waals surface area contributed by atoms with Crippen molar-refractivity contribution in [3.63, 3.8) is 0 Å². The van der Waals surface area contributed by atoms with Gasteiger partial charge >= 0.3 is 0 Å². The third kappa shape index (κ3) is 5.32. The molecule has 3 aromatic heterocycles. The summed E-state index contributed by atoms with van der Waals surface area (Å²) in [6, 6.07) is 13.4. The Balaban J connectivity index is 1.37. The van der Waals surface area contributed by atoms with Crippen LogP contribution in [0.1, 0.15) is 42.6 Å². The van der Waals surface area contributed by atoms with Crippen molar-refractivity contribution < 1.29 is 0 Å². The van der Waals surface area contributed by atoms with E-state index in [0.29, 0.717) is 15.6 Å². The smallest absolute Gasteiger partial charge is 0.152 e. The lowest BCUT2D eigenvalue weighted by molar-refractivity contribution is 0.706. The Kier molecular flexibility index (Phi) is 6.66. The first kappa shape index (κ1) is 22.6. The number of nitrogens with zero attached hydrogens (tertiary/aromatic N) is 5. The number of aryl methyl sites for hydroxylation is 2. The number of rotatable bonds is 9. The number of benzene rings is 1. The van der Waals surface area contributed by atoms with E-state index in [0.717, 1.165) is 65.7 Å². The number of anilines is 1. The highest BCUT2D eigenvalue weighted by atomic mass is 35.5. The molecule has 8 heteroatoms. The van der Waals surface area contributed by atoms with Crippen molar-refractivity contribution in [1.82, 2.24) is 19.6 Å². The number of nitrogens with one attached hydrogen (secondary N) is 1. The van der Waals surface area contributed by atoms with Crippen molar-refractivity contribution >= 4 is 34.5 Å². The van der Waals surface area contributed by atoms with E-state index in [1.54, 1.807) is 18.3 Å². The molecule has 1 fully saturated rings. The van der Waals surface area contributed by atoms with Gasteiger partial charge in [-0.25, -0.2) is 9.50 Å². The van der Waals surface area contributed by atoms with Crippen LogP contribution >= 0.6 is 23.2 Å². The molecule has 172 valence electrons. The average Bonchev–Trinajstić information content (AvgIpc) is 3.58. The van der Waals surface area contributed by atoms with Crippen LogP contribution in [0.5, 0.6) is 0 Å². The number of aromatic nitrogens is 4. The van der Waals surface area contributed by atoms with Gasteiger partial charge in [0.05, 0.1) is 28.2 Å².